The number of primary amides is 1. The molecule has 116 heavy (non-hydrogen) atoms. The average molecular weight is 1600 g/mol. The maximum absolute atomic E-state index is 15.7. The molecular weight excluding hydrogens is 1500 g/mol. The van der Waals surface area contributed by atoms with Crippen LogP contribution in [0.5, 0.6) is 5.75 Å². The number of nitrogens with one attached hydrogen (secondary N) is 11. The predicted molar refractivity (Wildman–Crippen MR) is 419 cm³/mol. The van der Waals surface area contributed by atoms with Gasteiger partial charge in [0, 0.05) is 57.5 Å². The average Bonchev–Trinajstić information content (AvgIpc) is 1.61. The number of aliphatic hydroxyl groups excluding tert-OH is 2. The minimum absolute atomic E-state index is 0.0309. The number of imidazole rings is 2. The quantitative estimate of drug-likeness (QED) is 0.0250. The van der Waals surface area contributed by atoms with Gasteiger partial charge in [0.15, 0.2) is 0 Å². The molecule has 0 radical (unpaired) electrons. The zero-order valence-corrected chi connectivity index (χ0v) is 65.1. The number of carboxylic acids is 2. The van der Waals surface area contributed by atoms with Crippen LogP contribution < -0.4 is 64.1 Å². The number of nitrogens with zero attached hydrogens (tertiary/aromatic N) is 3. The summed E-state index contributed by atoms with van der Waals surface area (Å²) in [4.78, 5) is 196. The first-order valence-electron chi connectivity index (χ1n) is 37.6. The Morgan fingerprint density at radius 2 is 1.18 bits per heavy atom. The number of likely N-dealkylation sites (tertiary alicyclic amines) is 1. The van der Waals surface area contributed by atoms with Crippen molar-refractivity contribution in [2.75, 3.05) is 20.2 Å². The summed E-state index contributed by atoms with van der Waals surface area (Å²) < 4.78 is 21.1. The van der Waals surface area contributed by atoms with Gasteiger partial charge in [0.25, 0.3) is 0 Å². The van der Waals surface area contributed by atoms with Gasteiger partial charge in [0.1, 0.15) is 64.9 Å². The van der Waals surface area contributed by atoms with Gasteiger partial charge in [0.05, 0.1) is 62.4 Å². The second kappa shape index (κ2) is 40.8. The van der Waals surface area contributed by atoms with Gasteiger partial charge in [-0.3, -0.25) is 62.3 Å². The minimum Gasteiger partial charge on any atom is -0.497 e. The maximum atomic E-state index is 15.7. The number of rotatable bonds is 41. The number of aryl methyl sites for hydroxylation is 2. The van der Waals surface area contributed by atoms with Crippen LogP contribution in [0.15, 0.2) is 140 Å². The second-order valence-electron chi connectivity index (χ2n) is 29.0. The van der Waals surface area contributed by atoms with E-state index in [2.05, 4.69) is 67.8 Å². The fourth-order valence-corrected chi connectivity index (χ4v) is 13.5. The number of halogens is 1. The van der Waals surface area contributed by atoms with Crippen molar-refractivity contribution in [1.82, 2.24) is 72.7 Å². The van der Waals surface area contributed by atoms with Crippen LogP contribution >= 0.6 is 0 Å². The number of aromatic nitrogens is 4. The second-order valence-corrected chi connectivity index (χ2v) is 29.0. The lowest BCUT2D eigenvalue weighted by Crippen LogP contribution is -2.67. The number of aliphatic hydroxyl groups is 2. The molecule has 1 saturated heterocycles. The van der Waals surface area contributed by atoms with E-state index in [4.69, 9.17) is 16.2 Å². The number of ether oxygens (including phenoxy) is 1. The number of aliphatic carboxylic acids is 2. The van der Waals surface area contributed by atoms with E-state index >= 15 is 4.39 Å². The summed E-state index contributed by atoms with van der Waals surface area (Å²) in [7, 11) is 1.55. The van der Waals surface area contributed by atoms with E-state index in [0.717, 1.165) is 60.2 Å². The molecule has 5 aromatic carbocycles. The highest BCUT2D eigenvalue weighted by Crippen LogP contribution is 2.32. The molecule has 3 unspecified atom stereocenters. The maximum Gasteiger partial charge on any atom is 0.305 e. The third kappa shape index (κ3) is 24.1. The van der Waals surface area contributed by atoms with E-state index < -0.39 is 193 Å². The Balaban J connectivity index is 0.988. The van der Waals surface area contributed by atoms with Gasteiger partial charge in [0.2, 0.25) is 65.0 Å². The van der Waals surface area contributed by atoms with Gasteiger partial charge < -0.3 is 99.3 Å². The molecule has 8 rings (SSSR count). The first kappa shape index (κ1) is 88.8. The third-order valence-corrected chi connectivity index (χ3v) is 20.1. The summed E-state index contributed by atoms with van der Waals surface area (Å²) in [6.45, 7) is 7.75. The Hall–Kier alpha value is -12.8. The number of benzene rings is 5. The molecule has 12 atom stereocenters. The lowest BCUT2D eigenvalue weighted by molar-refractivity contribution is -0.146. The topological polar surface area (TPSA) is 533 Å². The van der Waals surface area contributed by atoms with Crippen LogP contribution in [0.2, 0.25) is 0 Å². The lowest BCUT2D eigenvalue weighted by atomic mass is 9.90. The summed E-state index contributed by atoms with van der Waals surface area (Å²) >= 11 is 0. The van der Waals surface area contributed by atoms with E-state index in [1.807, 2.05) is 62.4 Å². The molecule has 0 saturated carbocycles. The van der Waals surface area contributed by atoms with Crippen LogP contribution in [-0.2, 0) is 101 Å². The van der Waals surface area contributed by atoms with Crippen LogP contribution in [-0.4, -0.2) is 214 Å². The molecule has 1 aliphatic heterocycles. The Kier molecular flexibility index (Phi) is 31.2. The molecule has 618 valence electrons. The Morgan fingerprint density at radius 1 is 0.629 bits per heavy atom. The van der Waals surface area contributed by atoms with Crippen LogP contribution in [0.3, 0.4) is 0 Å². The highest BCUT2D eigenvalue weighted by Gasteiger charge is 2.48. The number of hydrogen-bond donors (Lipinski definition) is 17. The van der Waals surface area contributed by atoms with E-state index in [1.165, 1.54) is 48.9 Å². The minimum atomic E-state index is -2.41. The number of carboxylic acid groups (broad SMARTS) is 2. The third-order valence-electron chi connectivity index (χ3n) is 20.1. The summed E-state index contributed by atoms with van der Waals surface area (Å²) in [5, 5.41) is 64.0. The summed E-state index contributed by atoms with van der Waals surface area (Å²) in [5.41, 5.74) is 15.2. The molecule has 0 aliphatic carbocycles. The van der Waals surface area contributed by atoms with E-state index in [9.17, 15) is 82.8 Å². The van der Waals surface area contributed by atoms with Gasteiger partial charge in [-0.15, -0.1) is 0 Å². The number of carbonyl (C=O) groups excluding carboxylic acids is 11. The number of amides is 11. The van der Waals surface area contributed by atoms with Crippen molar-refractivity contribution in [3.05, 3.63) is 185 Å². The zero-order chi connectivity index (χ0) is 84.7. The van der Waals surface area contributed by atoms with Crippen molar-refractivity contribution >= 4 is 76.9 Å². The van der Waals surface area contributed by atoms with Crippen molar-refractivity contribution in [1.29, 1.82) is 0 Å². The summed E-state index contributed by atoms with van der Waals surface area (Å²) in [6.07, 6.45) is -0.915. The Bertz CT molecular complexity index is 4660. The molecule has 7 aromatic rings. The van der Waals surface area contributed by atoms with Gasteiger partial charge in [-0.2, -0.15) is 0 Å². The van der Waals surface area contributed by atoms with Gasteiger partial charge in [-0.05, 0) is 129 Å². The highest BCUT2D eigenvalue weighted by atomic mass is 19.1. The van der Waals surface area contributed by atoms with Crippen molar-refractivity contribution in [3.8, 4) is 28.0 Å². The molecule has 0 spiro atoms. The van der Waals surface area contributed by atoms with Crippen molar-refractivity contribution in [2.24, 2.45) is 11.5 Å². The summed E-state index contributed by atoms with van der Waals surface area (Å²) in [6, 6.07) is 18.9. The zero-order valence-electron chi connectivity index (χ0n) is 65.1. The van der Waals surface area contributed by atoms with E-state index in [1.54, 1.807) is 55.8 Å². The fraction of sp³-hybridized carbons (Fsp3) is 0.395. The Labute approximate surface area is 667 Å². The molecule has 34 nitrogen and oxygen atoms in total. The first-order valence-corrected chi connectivity index (χ1v) is 37.6. The molecule has 19 N–H and O–H groups in total. The SMILES string of the molecule is CCc1cc(OC)ccc1-c1ccc(C[C@H](NC(=O)[C@H](CC(=O)O)NC(=O)[C@H](Cc2c[nH]cn2)NC(=O)[C@@H](NC(=O)C(C)(Cc2ccccc2F)NC(=O)[C@@H](NC(=O)CNC(=O)[C@H](CCC(=O)O)NC(=O)C2(C)CCCN2C(=O)C(N)Cc2c[nH]cn2)[C@@H](C)O)[C@@H](C)O)C(=O)N[C@@H](Cc2ccc(-c3ccccc3C)cc2)C(N)=O)cc1. The number of carbonyl (C=O) groups is 13. The molecule has 1 aliphatic rings. The summed E-state index contributed by atoms with van der Waals surface area (Å²) in [5.74, 6) is -15.2. The molecule has 11 amide bonds. The smallest absolute Gasteiger partial charge is 0.305 e. The molecule has 1 fully saturated rings. The standard InChI is InChI=1S/C81H99FN16O18/c1-8-49-34-55(116-7)26-27-57(49)51-24-20-48(21-25-51)33-62(72(108)90-61(70(84)106)32-47-18-22-50(23-19-47)56-16-11-9-14-44(56)2)91-74(110)64(37-67(104)105)92-73(109)63(36-54-40-86-43-89-54)93-75(111)68(45(3)99)96-78(114)80(5,38-52-15-10-12-17-58(52)82)97-76(112)69(46(4)100)95-65(101)41-87-71(107)60(28-29-66(102)103)94-79(115)81(6)30-13-31-98(81)77(113)59(83)35-53-39-85-42-88-53/h9-12,14-27,34,39-40,42-43,45-46,59-64,68-69,99-100H,8,13,28-33,35-38,41,83H2,1-7H3,(H2,84,106)(H,85,88)(H,86,89)(H,87,107)(H,90,108)(H,91,110)(H,92,109)(H,93,111)(H,94,115)(H,95,101)(H,96,114)(H,97,112)(H,102,103)(H,104,105)/t45-,46-,59?,60+,61+,62+,63+,64+,68+,69+,80?,81?/m1/s1. The van der Waals surface area contributed by atoms with Crippen molar-refractivity contribution in [2.45, 2.75) is 184 Å². The Morgan fingerprint density at radius 3 is 1.75 bits per heavy atom. The van der Waals surface area contributed by atoms with Gasteiger partial charge in [-0.1, -0.05) is 104 Å². The van der Waals surface area contributed by atoms with E-state index in [0.29, 0.717) is 35.4 Å². The molecule has 35 heteroatoms. The lowest BCUT2D eigenvalue weighted by Gasteiger charge is -2.36. The fourth-order valence-electron chi connectivity index (χ4n) is 13.5. The molecule has 2 aromatic heterocycles. The van der Waals surface area contributed by atoms with Crippen molar-refractivity contribution < 1.29 is 91.9 Å². The predicted octanol–water partition coefficient (Wildman–Crippen LogP) is 0.678. The number of methoxy groups -OCH3 is 1. The van der Waals surface area contributed by atoms with Gasteiger partial charge in [-0.25, -0.2) is 14.4 Å². The first-order chi connectivity index (χ1) is 55.1. The molecular formula is C81H99FN16O18. The highest BCUT2D eigenvalue weighted by molar-refractivity contribution is 6.01. The molecule has 3 heterocycles. The number of nitrogens with two attached hydrogens (primary N) is 2. The van der Waals surface area contributed by atoms with Crippen LogP contribution in [0, 0.1) is 12.7 Å². The number of H-pyrrole nitrogens is 2. The van der Waals surface area contributed by atoms with Crippen LogP contribution in [0.4, 0.5) is 4.39 Å². The largest absolute Gasteiger partial charge is 0.497 e. The number of hydrogen-bond acceptors (Lipinski definition) is 19. The normalized spacial score (nSPS) is 16.2. The van der Waals surface area contributed by atoms with E-state index in [-0.39, 0.29) is 43.5 Å². The number of aromatic amines is 2. The molecule has 0 bridgehead atoms. The monoisotopic (exact) mass is 1600 g/mol. The van der Waals surface area contributed by atoms with Crippen molar-refractivity contribution in [3.63, 3.8) is 0 Å². The van der Waals surface area contributed by atoms with Crippen LogP contribution in [0.1, 0.15) is 106 Å². The van der Waals surface area contributed by atoms with Gasteiger partial charge >= 0.3 is 11.9 Å². The van der Waals surface area contributed by atoms with Crippen LogP contribution in [0.25, 0.3) is 22.3 Å².